The standard InChI is InChI=1S/C32H35NO6S.C26H31NO6S/c1-20-15-24(16-21(2)29(20)39-32(3,4)30(35)36)26-17-33(31(37)38-19-22-9-7-6-8-10-22)18-27(26)28(34)23-11-13-25(40-5)14-12-23;1-15-11-18(12-16(2)23(15)33-26(3,4)24(29)30)20-13-27(25(31)32-5)14-21(20)22(28)17-7-9-19(34-6)10-8-17/h6-16,26-27H,17-19H2,1-5H3,(H,35,36);7-12,20-21H,13-14H2,1-6H3,(H,29,30). The van der Waals surface area contributed by atoms with Crippen molar-refractivity contribution < 1.29 is 57.9 Å². The Morgan fingerprint density at radius 3 is 1.26 bits per heavy atom. The quantitative estimate of drug-likeness (QED) is 0.0702. The van der Waals surface area contributed by atoms with Crippen LogP contribution >= 0.6 is 23.5 Å². The van der Waals surface area contributed by atoms with Gasteiger partial charge in [-0.15, -0.1) is 23.5 Å². The Morgan fingerprint density at radius 1 is 0.554 bits per heavy atom. The topological polar surface area (TPSA) is 186 Å². The molecular formula is C58H66N2O12S2. The van der Waals surface area contributed by atoms with Crippen LogP contribution in [0.2, 0.25) is 0 Å². The maximum absolute atomic E-state index is 13.8. The van der Waals surface area contributed by atoms with E-state index in [1.165, 1.54) is 34.8 Å². The van der Waals surface area contributed by atoms with Crippen molar-refractivity contribution in [1.29, 1.82) is 0 Å². The fourth-order valence-corrected chi connectivity index (χ4v) is 10.1. The van der Waals surface area contributed by atoms with Gasteiger partial charge >= 0.3 is 24.1 Å². The maximum Gasteiger partial charge on any atom is 0.410 e. The van der Waals surface area contributed by atoms with Gasteiger partial charge in [0.05, 0.1) is 7.11 Å². The van der Waals surface area contributed by atoms with Gasteiger partial charge in [0.15, 0.2) is 22.8 Å². The van der Waals surface area contributed by atoms with Crippen molar-refractivity contribution >= 4 is 59.2 Å². The van der Waals surface area contributed by atoms with Gasteiger partial charge < -0.3 is 39.0 Å². The largest absolute Gasteiger partial charge is 0.478 e. The van der Waals surface area contributed by atoms with Gasteiger partial charge in [-0.25, -0.2) is 19.2 Å². The molecule has 4 unspecified atom stereocenters. The van der Waals surface area contributed by atoms with E-state index in [0.29, 0.717) is 35.7 Å². The van der Waals surface area contributed by atoms with Crippen molar-refractivity contribution in [3.63, 3.8) is 0 Å². The fraction of sp³-hybridized carbons (Fsp3) is 0.379. The molecule has 74 heavy (non-hydrogen) atoms. The zero-order valence-corrected chi connectivity index (χ0v) is 45.5. The highest BCUT2D eigenvalue weighted by molar-refractivity contribution is 7.98. The average molecular weight is 1050 g/mol. The summed E-state index contributed by atoms with van der Waals surface area (Å²) in [7, 11) is 1.33. The molecule has 0 aliphatic carbocycles. The second-order valence-corrected chi connectivity index (χ2v) is 21.5. The van der Waals surface area contributed by atoms with Crippen LogP contribution in [-0.2, 0) is 25.7 Å². The van der Waals surface area contributed by atoms with Gasteiger partial charge in [0.25, 0.3) is 0 Å². The average Bonchev–Trinajstić information content (AvgIpc) is 4.04. The lowest BCUT2D eigenvalue weighted by Crippen LogP contribution is -2.38. The molecular weight excluding hydrogens is 981 g/mol. The van der Waals surface area contributed by atoms with Crippen LogP contribution in [0.5, 0.6) is 11.5 Å². The number of ketones is 2. The third-order valence-corrected chi connectivity index (χ3v) is 15.0. The first-order valence-corrected chi connectivity index (χ1v) is 26.7. The molecule has 2 saturated heterocycles. The number of likely N-dealkylation sites (tertiary alicyclic amines) is 2. The maximum atomic E-state index is 13.8. The molecule has 2 heterocycles. The van der Waals surface area contributed by atoms with Crippen LogP contribution in [0.4, 0.5) is 9.59 Å². The number of Topliss-reactive ketones (excluding diaryl/α,β-unsaturated/α-hetero) is 2. The molecule has 16 heteroatoms. The number of carboxylic acids is 2. The summed E-state index contributed by atoms with van der Waals surface area (Å²) in [6, 6.07) is 32.2. The number of carboxylic acid groups (broad SMARTS) is 2. The van der Waals surface area contributed by atoms with E-state index in [-0.39, 0.29) is 43.1 Å². The summed E-state index contributed by atoms with van der Waals surface area (Å²) in [5.41, 5.74) is 4.20. The highest BCUT2D eigenvalue weighted by Crippen LogP contribution is 2.41. The summed E-state index contributed by atoms with van der Waals surface area (Å²) >= 11 is 3.21. The van der Waals surface area contributed by atoms with E-state index in [9.17, 15) is 39.0 Å². The lowest BCUT2D eigenvalue weighted by atomic mass is 9.82. The molecule has 0 saturated carbocycles. The monoisotopic (exact) mass is 1050 g/mol. The van der Waals surface area contributed by atoms with Crippen LogP contribution in [0.1, 0.15) is 99.2 Å². The molecule has 0 bridgehead atoms. The second kappa shape index (κ2) is 24.1. The third kappa shape index (κ3) is 13.3. The number of nitrogens with zero attached hydrogens (tertiary/aromatic N) is 2. The van der Waals surface area contributed by atoms with Gasteiger partial charge in [-0.05, 0) is 131 Å². The number of rotatable bonds is 16. The van der Waals surface area contributed by atoms with Crippen molar-refractivity contribution in [2.24, 2.45) is 11.8 Å². The van der Waals surface area contributed by atoms with Crippen LogP contribution in [-0.4, -0.2) is 113 Å². The molecule has 2 aliphatic heterocycles. The number of carbonyl (C=O) groups is 6. The minimum absolute atomic E-state index is 0.0216. The van der Waals surface area contributed by atoms with E-state index >= 15 is 0 Å². The number of methoxy groups -OCH3 is 1. The number of aryl methyl sites for hydroxylation is 4. The Labute approximate surface area is 442 Å². The highest BCUT2D eigenvalue weighted by atomic mass is 32.2. The summed E-state index contributed by atoms with van der Waals surface area (Å²) < 4.78 is 22.2. The SMILES string of the molecule is COC(=O)N1CC(C(=O)c2ccc(SC)cc2)C(c2cc(C)c(OC(C)(C)C(=O)O)c(C)c2)C1.CSc1ccc(C(=O)C2CN(C(=O)OCc3ccccc3)CC2c2cc(C)c(OC(C)(C)C(=O)O)c(C)c2)cc1. The number of thioether (sulfide) groups is 2. The summed E-state index contributed by atoms with van der Waals surface area (Å²) in [5.74, 6) is -2.55. The lowest BCUT2D eigenvalue weighted by Gasteiger charge is -2.26. The molecule has 5 aromatic rings. The summed E-state index contributed by atoms with van der Waals surface area (Å²) in [4.78, 5) is 81.2. The van der Waals surface area contributed by atoms with Crippen LogP contribution in [0, 0.1) is 39.5 Å². The van der Waals surface area contributed by atoms with Crippen LogP contribution in [0.25, 0.3) is 0 Å². The normalized spacial score (nSPS) is 17.4. The highest BCUT2D eigenvalue weighted by Gasteiger charge is 2.43. The molecule has 2 fully saturated rings. The van der Waals surface area contributed by atoms with Crippen LogP contribution < -0.4 is 9.47 Å². The molecule has 0 radical (unpaired) electrons. The van der Waals surface area contributed by atoms with E-state index in [1.807, 2.05) is 143 Å². The Balaban J connectivity index is 0.000000244. The molecule has 2 amide bonds. The number of hydrogen-bond donors (Lipinski definition) is 2. The number of carbonyl (C=O) groups excluding carboxylic acids is 4. The van der Waals surface area contributed by atoms with Gasteiger partial charge in [-0.1, -0.05) is 78.9 Å². The first-order valence-electron chi connectivity index (χ1n) is 24.2. The summed E-state index contributed by atoms with van der Waals surface area (Å²) in [6.45, 7) is 14.8. The lowest BCUT2D eigenvalue weighted by molar-refractivity contribution is -0.152. The van der Waals surface area contributed by atoms with Gasteiger partial charge in [-0.2, -0.15) is 0 Å². The van der Waals surface area contributed by atoms with Crippen molar-refractivity contribution in [3.05, 3.63) is 153 Å². The van der Waals surface area contributed by atoms with E-state index in [0.717, 1.165) is 48.7 Å². The molecule has 2 N–H and O–H groups in total. The predicted octanol–water partition coefficient (Wildman–Crippen LogP) is 11.4. The van der Waals surface area contributed by atoms with Crippen molar-refractivity contribution in [1.82, 2.24) is 9.80 Å². The zero-order valence-electron chi connectivity index (χ0n) is 43.8. The van der Waals surface area contributed by atoms with Crippen LogP contribution in [0.3, 0.4) is 0 Å². The second-order valence-electron chi connectivity index (χ2n) is 19.7. The smallest absolute Gasteiger partial charge is 0.410 e. The molecule has 392 valence electrons. The van der Waals surface area contributed by atoms with E-state index in [2.05, 4.69) is 0 Å². The van der Waals surface area contributed by atoms with Crippen molar-refractivity contribution in [3.8, 4) is 11.5 Å². The number of aliphatic carboxylic acids is 2. The predicted molar refractivity (Wildman–Crippen MR) is 286 cm³/mol. The van der Waals surface area contributed by atoms with E-state index < -0.39 is 47.2 Å². The molecule has 7 rings (SSSR count). The van der Waals surface area contributed by atoms with Gasteiger partial charge in [0.1, 0.15) is 18.1 Å². The Morgan fingerprint density at radius 2 is 0.919 bits per heavy atom. The van der Waals surface area contributed by atoms with Crippen LogP contribution in [0.15, 0.2) is 113 Å². The van der Waals surface area contributed by atoms with Gasteiger partial charge in [0, 0.05) is 70.8 Å². The number of amides is 2. The van der Waals surface area contributed by atoms with E-state index in [1.54, 1.807) is 33.3 Å². The van der Waals surface area contributed by atoms with Crippen molar-refractivity contribution in [2.45, 2.75) is 94.8 Å². The molecule has 0 aromatic heterocycles. The minimum atomic E-state index is -1.40. The Bertz CT molecular complexity index is 2820. The zero-order chi connectivity index (χ0) is 54.2. The first kappa shape index (κ1) is 56.5. The Kier molecular flexibility index (Phi) is 18.4. The van der Waals surface area contributed by atoms with Crippen molar-refractivity contribution in [2.75, 3.05) is 45.8 Å². The van der Waals surface area contributed by atoms with E-state index in [4.69, 9.17) is 18.9 Å². The molecule has 0 spiro atoms. The molecule has 2 aliphatic rings. The van der Waals surface area contributed by atoms with Gasteiger partial charge in [0.2, 0.25) is 0 Å². The number of ether oxygens (including phenoxy) is 4. The summed E-state index contributed by atoms with van der Waals surface area (Å²) in [6.07, 6.45) is 3.04. The number of hydrogen-bond acceptors (Lipinski definition) is 12. The Hall–Kier alpha value is -6.78. The fourth-order valence-electron chi connectivity index (χ4n) is 9.31. The molecule has 5 aromatic carbocycles. The first-order chi connectivity index (χ1) is 35.0. The number of benzene rings is 5. The van der Waals surface area contributed by atoms with Gasteiger partial charge in [-0.3, -0.25) is 9.59 Å². The summed E-state index contributed by atoms with van der Waals surface area (Å²) in [5, 5.41) is 19.0. The molecule has 4 atom stereocenters. The molecule has 14 nitrogen and oxygen atoms in total. The minimum Gasteiger partial charge on any atom is -0.478 e. The third-order valence-electron chi connectivity index (χ3n) is 13.5.